The van der Waals surface area contributed by atoms with E-state index in [1.807, 2.05) is 47.0 Å². The van der Waals surface area contributed by atoms with E-state index < -0.39 is 11.7 Å². The van der Waals surface area contributed by atoms with Crippen LogP contribution in [0.1, 0.15) is 22.5 Å². The average molecular weight is 362 g/mol. The maximum atomic E-state index is 11.6. The number of nitrogens with one attached hydrogen (secondary N) is 1. The standard InChI is InChI=1S/C20H18N4O3/c21-19(25)10-17-15(8-13-4-2-1-3-5-13)22-12-24(17)11-14-6-7-18-16(9-14)23-20(26)27-18/h1-7,9,12H,8,10-11H2,(H2,21,25)(H,23,26). The number of carbonyl (C=O) groups is 1. The van der Waals surface area contributed by atoms with Gasteiger partial charge in [0, 0.05) is 13.0 Å². The number of rotatable bonds is 6. The summed E-state index contributed by atoms with van der Waals surface area (Å²) in [7, 11) is 0. The van der Waals surface area contributed by atoms with Crippen molar-refractivity contribution < 1.29 is 9.21 Å². The highest BCUT2D eigenvalue weighted by Crippen LogP contribution is 2.18. The van der Waals surface area contributed by atoms with Crippen LogP contribution >= 0.6 is 0 Å². The molecule has 0 aliphatic rings. The highest BCUT2D eigenvalue weighted by atomic mass is 16.4. The lowest BCUT2D eigenvalue weighted by Crippen LogP contribution is -2.18. The van der Waals surface area contributed by atoms with Crippen molar-refractivity contribution >= 4 is 17.0 Å². The van der Waals surface area contributed by atoms with Crippen molar-refractivity contribution in [1.82, 2.24) is 14.5 Å². The van der Waals surface area contributed by atoms with Crippen LogP contribution in [0.4, 0.5) is 0 Å². The van der Waals surface area contributed by atoms with Gasteiger partial charge in [-0.25, -0.2) is 9.78 Å². The number of imidazole rings is 1. The van der Waals surface area contributed by atoms with Crippen LogP contribution in [0, 0.1) is 0 Å². The molecule has 0 radical (unpaired) electrons. The Bertz CT molecular complexity index is 1150. The molecule has 0 spiro atoms. The molecule has 1 amide bonds. The summed E-state index contributed by atoms with van der Waals surface area (Å²) < 4.78 is 6.95. The van der Waals surface area contributed by atoms with Gasteiger partial charge in [0.25, 0.3) is 0 Å². The fourth-order valence-corrected chi connectivity index (χ4v) is 3.19. The Morgan fingerprint density at radius 3 is 2.74 bits per heavy atom. The smallest absolute Gasteiger partial charge is 0.408 e. The zero-order valence-corrected chi connectivity index (χ0v) is 14.5. The molecule has 0 aliphatic carbocycles. The first-order valence-corrected chi connectivity index (χ1v) is 8.55. The van der Waals surface area contributed by atoms with Gasteiger partial charge in [0.1, 0.15) is 0 Å². The van der Waals surface area contributed by atoms with E-state index in [2.05, 4.69) is 9.97 Å². The quantitative estimate of drug-likeness (QED) is 0.547. The molecule has 7 heteroatoms. The second kappa shape index (κ2) is 6.95. The van der Waals surface area contributed by atoms with Crippen LogP contribution in [0.15, 0.2) is 64.1 Å². The molecule has 0 bridgehead atoms. The Morgan fingerprint density at radius 2 is 1.96 bits per heavy atom. The lowest BCUT2D eigenvalue weighted by Gasteiger charge is -2.09. The Balaban J connectivity index is 1.66. The highest BCUT2D eigenvalue weighted by Gasteiger charge is 2.14. The van der Waals surface area contributed by atoms with E-state index in [0.29, 0.717) is 24.1 Å². The van der Waals surface area contributed by atoms with Gasteiger partial charge in [-0.2, -0.15) is 0 Å². The fourth-order valence-electron chi connectivity index (χ4n) is 3.19. The number of primary amides is 1. The zero-order valence-electron chi connectivity index (χ0n) is 14.5. The second-order valence-electron chi connectivity index (χ2n) is 6.42. The maximum absolute atomic E-state index is 11.6. The van der Waals surface area contributed by atoms with Crippen LogP contribution in [0.25, 0.3) is 11.1 Å². The van der Waals surface area contributed by atoms with Gasteiger partial charge in [-0.05, 0) is 23.3 Å². The average Bonchev–Trinajstić information content (AvgIpc) is 3.18. The molecule has 3 N–H and O–H groups in total. The Hall–Kier alpha value is -3.61. The molecule has 0 aliphatic heterocycles. The first-order valence-electron chi connectivity index (χ1n) is 8.55. The molecule has 2 aromatic carbocycles. The second-order valence-corrected chi connectivity index (χ2v) is 6.42. The summed E-state index contributed by atoms with van der Waals surface area (Å²) in [5.74, 6) is -0.884. The van der Waals surface area contributed by atoms with Crippen LogP contribution in [-0.4, -0.2) is 20.4 Å². The molecular formula is C20H18N4O3. The molecule has 0 saturated carbocycles. The van der Waals surface area contributed by atoms with E-state index in [1.165, 1.54) is 0 Å². The van der Waals surface area contributed by atoms with Gasteiger partial charge in [0.2, 0.25) is 5.91 Å². The molecule has 7 nitrogen and oxygen atoms in total. The predicted molar refractivity (Wildman–Crippen MR) is 100 cm³/mol. The summed E-state index contributed by atoms with van der Waals surface area (Å²) in [6.07, 6.45) is 2.47. The number of aromatic nitrogens is 3. The monoisotopic (exact) mass is 362 g/mol. The maximum Gasteiger partial charge on any atom is 0.417 e. The normalized spacial score (nSPS) is 11.1. The number of nitrogens with two attached hydrogens (primary N) is 1. The van der Waals surface area contributed by atoms with Gasteiger partial charge in [-0.1, -0.05) is 36.4 Å². The summed E-state index contributed by atoms with van der Waals surface area (Å²) in [6, 6.07) is 15.4. The van der Waals surface area contributed by atoms with Crippen molar-refractivity contribution in [2.75, 3.05) is 0 Å². The van der Waals surface area contributed by atoms with Crippen molar-refractivity contribution in [1.29, 1.82) is 0 Å². The van der Waals surface area contributed by atoms with E-state index in [4.69, 9.17) is 10.2 Å². The van der Waals surface area contributed by atoms with Gasteiger partial charge in [-0.3, -0.25) is 9.78 Å². The number of hydrogen-bond acceptors (Lipinski definition) is 4. The summed E-state index contributed by atoms with van der Waals surface area (Å²) in [6.45, 7) is 0.507. The lowest BCUT2D eigenvalue weighted by molar-refractivity contribution is -0.117. The minimum atomic E-state index is -0.482. The minimum absolute atomic E-state index is 0.118. The molecule has 27 heavy (non-hydrogen) atoms. The molecule has 136 valence electrons. The molecular weight excluding hydrogens is 344 g/mol. The highest BCUT2D eigenvalue weighted by molar-refractivity contribution is 5.76. The van der Waals surface area contributed by atoms with Gasteiger partial charge < -0.3 is 14.7 Å². The molecule has 0 unspecified atom stereocenters. The summed E-state index contributed by atoms with van der Waals surface area (Å²) in [5.41, 5.74) is 10.3. The van der Waals surface area contributed by atoms with E-state index in [1.54, 1.807) is 12.4 Å². The van der Waals surface area contributed by atoms with Gasteiger partial charge in [0.15, 0.2) is 5.58 Å². The first kappa shape index (κ1) is 16.8. The summed E-state index contributed by atoms with van der Waals surface area (Å²) in [4.78, 5) is 30.1. The Kier molecular flexibility index (Phi) is 4.33. The number of oxazole rings is 1. The Morgan fingerprint density at radius 1 is 1.15 bits per heavy atom. The van der Waals surface area contributed by atoms with Gasteiger partial charge in [0.05, 0.1) is 29.7 Å². The number of aromatic amines is 1. The minimum Gasteiger partial charge on any atom is -0.408 e. The number of benzene rings is 2. The van der Waals surface area contributed by atoms with Crippen molar-refractivity contribution in [2.45, 2.75) is 19.4 Å². The largest absolute Gasteiger partial charge is 0.417 e. The van der Waals surface area contributed by atoms with E-state index in [9.17, 15) is 9.59 Å². The fraction of sp³-hybridized carbons (Fsp3) is 0.150. The van der Waals surface area contributed by atoms with Crippen molar-refractivity contribution in [3.63, 3.8) is 0 Å². The van der Waals surface area contributed by atoms with Crippen LogP contribution in [0.2, 0.25) is 0 Å². The van der Waals surface area contributed by atoms with Crippen LogP contribution in [-0.2, 0) is 24.2 Å². The van der Waals surface area contributed by atoms with E-state index >= 15 is 0 Å². The van der Waals surface area contributed by atoms with Crippen molar-refractivity contribution in [2.24, 2.45) is 5.73 Å². The van der Waals surface area contributed by atoms with Crippen molar-refractivity contribution in [3.8, 4) is 0 Å². The number of amides is 1. The van der Waals surface area contributed by atoms with Crippen LogP contribution in [0.3, 0.4) is 0 Å². The number of fused-ring (bicyclic) bond motifs is 1. The number of hydrogen-bond donors (Lipinski definition) is 2. The van der Waals surface area contributed by atoms with E-state index in [0.717, 1.165) is 22.5 Å². The SMILES string of the molecule is NC(=O)Cc1c(Cc2ccccc2)ncn1Cc1ccc2oc(=O)[nH]c2c1. The van der Waals surface area contributed by atoms with Gasteiger partial charge >= 0.3 is 5.76 Å². The third kappa shape index (κ3) is 3.67. The van der Waals surface area contributed by atoms with Crippen LogP contribution in [0.5, 0.6) is 0 Å². The Labute approximate surface area is 154 Å². The lowest BCUT2D eigenvalue weighted by atomic mass is 10.1. The zero-order chi connectivity index (χ0) is 18.8. The molecule has 0 saturated heterocycles. The number of carbonyl (C=O) groups excluding carboxylic acids is 1. The number of H-pyrrole nitrogens is 1. The van der Waals surface area contributed by atoms with Gasteiger partial charge in [-0.15, -0.1) is 0 Å². The number of nitrogens with zero attached hydrogens (tertiary/aromatic N) is 2. The molecule has 2 aromatic heterocycles. The predicted octanol–water partition coefficient (Wildman–Crippen LogP) is 1.98. The first-order chi connectivity index (χ1) is 13.1. The third-order valence-electron chi connectivity index (χ3n) is 4.43. The third-order valence-corrected chi connectivity index (χ3v) is 4.43. The van der Waals surface area contributed by atoms with E-state index in [-0.39, 0.29) is 6.42 Å². The molecule has 4 aromatic rings. The summed E-state index contributed by atoms with van der Waals surface area (Å²) in [5, 5.41) is 0. The molecule has 2 heterocycles. The molecule has 0 fully saturated rings. The molecule has 4 rings (SSSR count). The van der Waals surface area contributed by atoms with Crippen LogP contribution < -0.4 is 11.5 Å². The molecule has 0 atom stereocenters. The topological polar surface area (TPSA) is 107 Å². The summed E-state index contributed by atoms with van der Waals surface area (Å²) >= 11 is 0. The van der Waals surface area contributed by atoms with Crippen molar-refractivity contribution in [3.05, 3.63) is 87.9 Å².